The van der Waals surface area contributed by atoms with E-state index in [1.807, 2.05) is 0 Å². The lowest BCUT2D eigenvalue weighted by Crippen LogP contribution is -2.25. The topological polar surface area (TPSA) is 63.8 Å². The van der Waals surface area contributed by atoms with Crippen molar-refractivity contribution in [3.63, 3.8) is 0 Å². The third-order valence-electron chi connectivity index (χ3n) is 2.23. The summed E-state index contributed by atoms with van der Waals surface area (Å²) in [5.74, 6) is 1.78. The highest BCUT2D eigenvalue weighted by Gasteiger charge is 2.10. The number of nitrogens with two attached hydrogens (primary N) is 1. The van der Waals surface area contributed by atoms with Crippen molar-refractivity contribution in [2.75, 3.05) is 11.1 Å². The SMILES string of the molecule is CCC(Nc1cncc(N)n1)C(C)C. The van der Waals surface area contributed by atoms with Crippen molar-refractivity contribution >= 4 is 11.6 Å². The molecule has 1 heterocycles. The summed E-state index contributed by atoms with van der Waals surface area (Å²) in [5.41, 5.74) is 5.54. The summed E-state index contributed by atoms with van der Waals surface area (Å²) < 4.78 is 0. The Labute approximate surface area is 85.0 Å². The molecule has 1 atom stereocenters. The number of hydrogen-bond donors (Lipinski definition) is 2. The van der Waals surface area contributed by atoms with Gasteiger partial charge in [-0.15, -0.1) is 0 Å². The van der Waals surface area contributed by atoms with Crippen molar-refractivity contribution in [1.29, 1.82) is 0 Å². The smallest absolute Gasteiger partial charge is 0.147 e. The molecule has 4 heteroatoms. The largest absolute Gasteiger partial charge is 0.382 e. The molecule has 3 N–H and O–H groups in total. The van der Waals surface area contributed by atoms with E-state index in [1.165, 1.54) is 0 Å². The number of anilines is 2. The summed E-state index contributed by atoms with van der Waals surface area (Å²) >= 11 is 0. The third-order valence-corrected chi connectivity index (χ3v) is 2.23. The molecule has 0 amide bonds. The van der Waals surface area contributed by atoms with Crippen LogP contribution in [0.3, 0.4) is 0 Å². The van der Waals surface area contributed by atoms with Crippen LogP contribution >= 0.6 is 0 Å². The first kappa shape index (κ1) is 10.8. The molecule has 0 saturated heterocycles. The van der Waals surface area contributed by atoms with Crippen molar-refractivity contribution < 1.29 is 0 Å². The van der Waals surface area contributed by atoms with Crippen LogP contribution in [0.15, 0.2) is 12.4 Å². The summed E-state index contributed by atoms with van der Waals surface area (Å²) in [6.45, 7) is 6.51. The van der Waals surface area contributed by atoms with Crippen molar-refractivity contribution in [1.82, 2.24) is 9.97 Å². The van der Waals surface area contributed by atoms with Gasteiger partial charge in [-0.3, -0.25) is 4.98 Å². The summed E-state index contributed by atoms with van der Waals surface area (Å²) in [6.07, 6.45) is 4.30. The zero-order chi connectivity index (χ0) is 10.6. The molecule has 0 aliphatic heterocycles. The molecule has 0 bridgehead atoms. The standard InChI is InChI=1S/C10H18N4/c1-4-8(7(2)3)13-10-6-12-5-9(11)14-10/h5-8H,4H2,1-3H3,(H3,11,13,14). The molecule has 0 aliphatic rings. The van der Waals surface area contributed by atoms with E-state index < -0.39 is 0 Å². The number of nitrogens with zero attached hydrogens (tertiary/aromatic N) is 2. The molecular weight excluding hydrogens is 176 g/mol. The van der Waals surface area contributed by atoms with E-state index in [4.69, 9.17) is 5.73 Å². The van der Waals surface area contributed by atoms with Gasteiger partial charge in [-0.1, -0.05) is 20.8 Å². The van der Waals surface area contributed by atoms with Gasteiger partial charge in [0, 0.05) is 6.04 Å². The van der Waals surface area contributed by atoms with Crippen LogP contribution in [-0.2, 0) is 0 Å². The second-order valence-electron chi connectivity index (χ2n) is 3.73. The highest BCUT2D eigenvalue weighted by Crippen LogP contribution is 2.12. The average Bonchev–Trinajstić information content (AvgIpc) is 2.14. The Balaban J connectivity index is 2.67. The van der Waals surface area contributed by atoms with Gasteiger partial charge >= 0.3 is 0 Å². The van der Waals surface area contributed by atoms with Gasteiger partial charge in [0.05, 0.1) is 12.4 Å². The quantitative estimate of drug-likeness (QED) is 0.768. The minimum Gasteiger partial charge on any atom is -0.382 e. The first-order valence-electron chi connectivity index (χ1n) is 4.97. The van der Waals surface area contributed by atoms with Crippen LogP contribution in [0.25, 0.3) is 0 Å². The summed E-state index contributed by atoms with van der Waals surface area (Å²) in [5, 5.41) is 3.32. The molecule has 0 saturated carbocycles. The van der Waals surface area contributed by atoms with Gasteiger partial charge in [0.25, 0.3) is 0 Å². The fourth-order valence-electron chi connectivity index (χ4n) is 1.38. The molecule has 0 aliphatic carbocycles. The molecule has 0 spiro atoms. The number of nitrogens with one attached hydrogen (secondary N) is 1. The normalized spacial score (nSPS) is 12.9. The molecule has 4 nitrogen and oxygen atoms in total. The summed E-state index contributed by atoms with van der Waals surface area (Å²) in [4.78, 5) is 8.13. The van der Waals surface area contributed by atoms with Gasteiger partial charge in [0.15, 0.2) is 0 Å². The van der Waals surface area contributed by atoms with E-state index in [0.717, 1.165) is 12.2 Å². The van der Waals surface area contributed by atoms with E-state index in [2.05, 4.69) is 36.1 Å². The van der Waals surface area contributed by atoms with Crippen LogP contribution < -0.4 is 11.1 Å². The van der Waals surface area contributed by atoms with Crippen molar-refractivity contribution in [3.05, 3.63) is 12.4 Å². The predicted molar refractivity (Wildman–Crippen MR) is 59.0 cm³/mol. The Kier molecular flexibility index (Phi) is 3.68. The van der Waals surface area contributed by atoms with E-state index >= 15 is 0 Å². The maximum atomic E-state index is 5.54. The Morgan fingerprint density at radius 2 is 2.14 bits per heavy atom. The van der Waals surface area contributed by atoms with Crippen molar-refractivity contribution in [2.24, 2.45) is 5.92 Å². The molecule has 1 aromatic heterocycles. The molecule has 14 heavy (non-hydrogen) atoms. The van der Waals surface area contributed by atoms with Gasteiger partial charge in [0.2, 0.25) is 0 Å². The zero-order valence-corrected chi connectivity index (χ0v) is 8.99. The number of hydrogen-bond acceptors (Lipinski definition) is 4. The van der Waals surface area contributed by atoms with Crippen molar-refractivity contribution in [2.45, 2.75) is 33.2 Å². The second-order valence-corrected chi connectivity index (χ2v) is 3.73. The monoisotopic (exact) mass is 194 g/mol. The van der Waals surface area contributed by atoms with E-state index in [1.54, 1.807) is 12.4 Å². The highest BCUT2D eigenvalue weighted by atomic mass is 15.1. The predicted octanol–water partition coefficient (Wildman–Crippen LogP) is 1.91. The molecule has 0 fully saturated rings. The van der Waals surface area contributed by atoms with Gasteiger partial charge in [0.1, 0.15) is 11.6 Å². The lowest BCUT2D eigenvalue weighted by atomic mass is 10.0. The summed E-state index contributed by atoms with van der Waals surface area (Å²) in [6, 6.07) is 0.422. The van der Waals surface area contributed by atoms with Crippen LogP contribution in [0.1, 0.15) is 27.2 Å². The van der Waals surface area contributed by atoms with Gasteiger partial charge < -0.3 is 11.1 Å². The maximum absolute atomic E-state index is 5.54. The van der Waals surface area contributed by atoms with E-state index in [0.29, 0.717) is 17.8 Å². The molecular formula is C10H18N4. The number of aromatic nitrogens is 2. The Morgan fingerprint density at radius 3 is 2.64 bits per heavy atom. The maximum Gasteiger partial charge on any atom is 0.147 e. The van der Waals surface area contributed by atoms with Crippen molar-refractivity contribution in [3.8, 4) is 0 Å². The fraction of sp³-hybridized carbons (Fsp3) is 0.600. The third kappa shape index (κ3) is 2.87. The summed E-state index contributed by atoms with van der Waals surface area (Å²) in [7, 11) is 0. The first-order valence-corrected chi connectivity index (χ1v) is 4.97. The van der Waals surface area contributed by atoms with E-state index in [-0.39, 0.29) is 0 Å². The lowest BCUT2D eigenvalue weighted by Gasteiger charge is -2.20. The Hall–Kier alpha value is -1.32. The average molecular weight is 194 g/mol. The van der Waals surface area contributed by atoms with Gasteiger partial charge in [-0.05, 0) is 12.3 Å². The van der Waals surface area contributed by atoms with Gasteiger partial charge in [-0.25, -0.2) is 4.98 Å². The van der Waals surface area contributed by atoms with Crippen LogP contribution in [-0.4, -0.2) is 16.0 Å². The highest BCUT2D eigenvalue weighted by molar-refractivity contribution is 5.39. The molecule has 1 aromatic rings. The molecule has 78 valence electrons. The molecule has 1 unspecified atom stereocenters. The Bertz CT molecular complexity index is 285. The van der Waals surface area contributed by atoms with Crippen LogP contribution in [0.2, 0.25) is 0 Å². The molecule has 0 radical (unpaired) electrons. The zero-order valence-electron chi connectivity index (χ0n) is 8.99. The fourth-order valence-corrected chi connectivity index (χ4v) is 1.38. The lowest BCUT2D eigenvalue weighted by molar-refractivity contribution is 0.509. The number of rotatable bonds is 4. The Morgan fingerprint density at radius 1 is 1.43 bits per heavy atom. The van der Waals surface area contributed by atoms with E-state index in [9.17, 15) is 0 Å². The molecule has 0 aromatic carbocycles. The van der Waals surface area contributed by atoms with Crippen LogP contribution in [0, 0.1) is 5.92 Å². The molecule has 1 rings (SSSR count). The minimum absolute atomic E-state index is 0.422. The second kappa shape index (κ2) is 4.79. The van der Waals surface area contributed by atoms with Crippen LogP contribution in [0.5, 0.6) is 0 Å². The van der Waals surface area contributed by atoms with Gasteiger partial charge in [-0.2, -0.15) is 0 Å². The first-order chi connectivity index (χ1) is 6.63. The number of nitrogen functional groups attached to an aromatic ring is 1. The minimum atomic E-state index is 0.422. The van der Waals surface area contributed by atoms with Crippen LogP contribution in [0.4, 0.5) is 11.6 Å².